The second-order valence-corrected chi connectivity index (χ2v) is 6.93. The molecule has 0 spiro atoms. The molecule has 2 nitrogen and oxygen atoms in total. The molecule has 0 bridgehead atoms. The molecule has 0 amide bonds. The molecule has 23 heavy (non-hydrogen) atoms. The Balaban J connectivity index is 1.67. The standard InChI is InChI=1S/C18H18BrF2NO/c19-14-6-4-13(5-7-14)18(23)8-10-22(11-9-18)12-15-16(20)2-1-3-17(15)21/h1-7,23H,8-12H2. The lowest BCUT2D eigenvalue weighted by molar-refractivity contribution is -0.0280. The number of nitrogens with zero attached hydrogens (tertiary/aromatic N) is 1. The monoisotopic (exact) mass is 381 g/mol. The van der Waals surface area contributed by atoms with E-state index in [4.69, 9.17) is 0 Å². The molecule has 0 aromatic heterocycles. The predicted octanol–water partition coefficient (Wildman–Crippen LogP) is 4.21. The molecule has 5 heteroatoms. The Morgan fingerprint density at radius 1 is 1.00 bits per heavy atom. The van der Waals surface area contributed by atoms with Crippen molar-refractivity contribution in [2.24, 2.45) is 0 Å². The number of benzene rings is 2. The zero-order valence-electron chi connectivity index (χ0n) is 12.6. The molecule has 122 valence electrons. The summed E-state index contributed by atoms with van der Waals surface area (Å²) in [4.78, 5) is 1.98. The first kappa shape index (κ1) is 16.6. The van der Waals surface area contributed by atoms with E-state index < -0.39 is 17.2 Å². The molecule has 2 aromatic carbocycles. The first-order valence-corrected chi connectivity index (χ1v) is 8.41. The van der Waals surface area contributed by atoms with Crippen LogP contribution in [-0.2, 0) is 12.1 Å². The molecule has 1 heterocycles. The highest BCUT2D eigenvalue weighted by atomic mass is 79.9. The third-order valence-electron chi connectivity index (χ3n) is 4.51. The average molecular weight is 382 g/mol. The lowest BCUT2D eigenvalue weighted by Crippen LogP contribution is -2.42. The van der Waals surface area contributed by atoms with Crippen molar-refractivity contribution in [3.05, 3.63) is 69.7 Å². The van der Waals surface area contributed by atoms with Gasteiger partial charge in [0.15, 0.2) is 0 Å². The van der Waals surface area contributed by atoms with Gasteiger partial charge in [0.2, 0.25) is 0 Å². The first-order valence-electron chi connectivity index (χ1n) is 7.62. The molecule has 2 aromatic rings. The fraction of sp³-hybridized carbons (Fsp3) is 0.333. The Morgan fingerprint density at radius 2 is 1.57 bits per heavy atom. The van der Waals surface area contributed by atoms with Gasteiger partial charge in [0, 0.05) is 29.7 Å². The van der Waals surface area contributed by atoms with Gasteiger partial charge in [-0.15, -0.1) is 0 Å². The Hall–Kier alpha value is -1.30. The number of rotatable bonds is 3. The summed E-state index contributed by atoms with van der Waals surface area (Å²) in [5.74, 6) is -1.03. The van der Waals surface area contributed by atoms with E-state index in [0.717, 1.165) is 10.0 Å². The molecule has 3 rings (SSSR count). The molecule has 0 unspecified atom stereocenters. The first-order chi connectivity index (χ1) is 11.0. The van der Waals surface area contributed by atoms with Crippen molar-refractivity contribution in [2.75, 3.05) is 13.1 Å². The number of hydrogen-bond donors (Lipinski definition) is 1. The summed E-state index contributed by atoms with van der Waals surface area (Å²) < 4.78 is 28.4. The van der Waals surface area contributed by atoms with Crippen LogP contribution in [0.3, 0.4) is 0 Å². The van der Waals surface area contributed by atoms with E-state index in [-0.39, 0.29) is 12.1 Å². The van der Waals surface area contributed by atoms with Crippen molar-refractivity contribution in [2.45, 2.75) is 25.0 Å². The topological polar surface area (TPSA) is 23.5 Å². The largest absolute Gasteiger partial charge is 0.385 e. The van der Waals surface area contributed by atoms with E-state index in [0.29, 0.717) is 25.9 Å². The van der Waals surface area contributed by atoms with Crippen LogP contribution in [0.1, 0.15) is 24.0 Å². The van der Waals surface area contributed by atoms with E-state index in [2.05, 4.69) is 15.9 Å². The molecular formula is C18H18BrF2NO. The number of likely N-dealkylation sites (tertiary alicyclic amines) is 1. The predicted molar refractivity (Wildman–Crippen MR) is 88.9 cm³/mol. The van der Waals surface area contributed by atoms with Crippen molar-refractivity contribution in [1.29, 1.82) is 0 Å². The number of hydrogen-bond acceptors (Lipinski definition) is 2. The van der Waals surface area contributed by atoms with Gasteiger partial charge in [-0.1, -0.05) is 34.1 Å². The minimum absolute atomic E-state index is 0.0987. The Bertz CT molecular complexity index is 662. The van der Waals surface area contributed by atoms with Crippen LogP contribution in [0.2, 0.25) is 0 Å². The highest BCUT2D eigenvalue weighted by molar-refractivity contribution is 9.10. The smallest absolute Gasteiger partial charge is 0.130 e. The van der Waals surface area contributed by atoms with Gasteiger partial charge in [0.1, 0.15) is 11.6 Å². The van der Waals surface area contributed by atoms with Gasteiger partial charge in [-0.25, -0.2) is 8.78 Å². The number of halogens is 3. The zero-order chi connectivity index (χ0) is 16.4. The van der Waals surface area contributed by atoms with Crippen LogP contribution < -0.4 is 0 Å². The Labute approximate surface area is 142 Å². The minimum Gasteiger partial charge on any atom is -0.385 e. The van der Waals surface area contributed by atoms with Crippen LogP contribution in [0, 0.1) is 11.6 Å². The molecule has 0 aliphatic carbocycles. The Morgan fingerprint density at radius 3 is 2.13 bits per heavy atom. The lowest BCUT2D eigenvalue weighted by Gasteiger charge is -2.38. The van der Waals surface area contributed by atoms with Gasteiger partial charge < -0.3 is 5.11 Å². The van der Waals surface area contributed by atoms with Crippen LogP contribution >= 0.6 is 15.9 Å². The van der Waals surface area contributed by atoms with Gasteiger partial charge in [0.05, 0.1) is 5.60 Å². The highest BCUT2D eigenvalue weighted by Gasteiger charge is 2.34. The van der Waals surface area contributed by atoms with Crippen LogP contribution in [0.25, 0.3) is 0 Å². The van der Waals surface area contributed by atoms with Crippen LogP contribution in [-0.4, -0.2) is 23.1 Å². The quantitative estimate of drug-likeness (QED) is 0.860. The normalized spacial score (nSPS) is 18.1. The van der Waals surface area contributed by atoms with E-state index in [1.807, 2.05) is 29.2 Å². The second kappa shape index (κ2) is 6.67. The summed E-state index contributed by atoms with van der Waals surface area (Å²) in [6, 6.07) is 11.6. The summed E-state index contributed by atoms with van der Waals surface area (Å²) in [6.07, 6.45) is 1.09. The van der Waals surface area contributed by atoms with Gasteiger partial charge in [-0.2, -0.15) is 0 Å². The van der Waals surface area contributed by atoms with Crippen molar-refractivity contribution in [3.8, 4) is 0 Å². The van der Waals surface area contributed by atoms with Crippen LogP contribution in [0.5, 0.6) is 0 Å². The van der Waals surface area contributed by atoms with Gasteiger partial charge in [-0.3, -0.25) is 4.90 Å². The van der Waals surface area contributed by atoms with Gasteiger partial charge >= 0.3 is 0 Å². The number of aliphatic hydroxyl groups is 1. The maximum absolute atomic E-state index is 13.7. The van der Waals surface area contributed by atoms with Gasteiger partial charge in [0.25, 0.3) is 0 Å². The van der Waals surface area contributed by atoms with E-state index in [1.165, 1.54) is 18.2 Å². The van der Waals surface area contributed by atoms with Crippen LogP contribution in [0.4, 0.5) is 8.78 Å². The highest BCUT2D eigenvalue weighted by Crippen LogP contribution is 2.34. The SMILES string of the molecule is OC1(c2ccc(Br)cc2)CCN(Cc2c(F)cccc2F)CC1. The fourth-order valence-electron chi connectivity index (χ4n) is 3.04. The van der Waals surface area contributed by atoms with Crippen molar-refractivity contribution >= 4 is 15.9 Å². The molecule has 0 atom stereocenters. The van der Waals surface area contributed by atoms with Crippen LogP contribution in [0.15, 0.2) is 46.9 Å². The van der Waals surface area contributed by atoms with E-state index in [9.17, 15) is 13.9 Å². The molecule has 1 aliphatic rings. The molecule has 0 saturated carbocycles. The summed E-state index contributed by atoms with van der Waals surface area (Å²) >= 11 is 3.39. The summed E-state index contributed by atoms with van der Waals surface area (Å²) in [5, 5.41) is 10.8. The molecule has 1 aliphatic heterocycles. The van der Waals surface area contributed by atoms with Crippen molar-refractivity contribution in [3.63, 3.8) is 0 Å². The van der Waals surface area contributed by atoms with E-state index in [1.54, 1.807) is 0 Å². The fourth-order valence-corrected chi connectivity index (χ4v) is 3.30. The van der Waals surface area contributed by atoms with E-state index >= 15 is 0 Å². The number of piperidine rings is 1. The lowest BCUT2D eigenvalue weighted by atomic mass is 9.84. The zero-order valence-corrected chi connectivity index (χ0v) is 14.2. The Kier molecular flexibility index (Phi) is 4.80. The maximum atomic E-state index is 13.7. The third kappa shape index (κ3) is 3.62. The molecule has 1 saturated heterocycles. The average Bonchev–Trinajstić information content (AvgIpc) is 2.53. The minimum atomic E-state index is -0.870. The second-order valence-electron chi connectivity index (χ2n) is 6.01. The molecular weight excluding hydrogens is 364 g/mol. The molecule has 1 fully saturated rings. The summed E-state index contributed by atoms with van der Waals surface area (Å²) in [5.41, 5.74) is 0.115. The van der Waals surface area contributed by atoms with Crippen molar-refractivity contribution < 1.29 is 13.9 Å². The molecule has 1 N–H and O–H groups in total. The van der Waals surface area contributed by atoms with Crippen molar-refractivity contribution in [1.82, 2.24) is 4.90 Å². The maximum Gasteiger partial charge on any atom is 0.130 e. The van der Waals surface area contributed by atoms with Gasteiger partial charge in [-0.05, 0) is 42.7 Å². The summed E-state index contributed by atoms with van der Waals surface area (Å²) in [6.45, 7) is 1.43. The third-order valence-corrected chi connectivity index (χ3v) is 5.04. The summed E-state index contributed by atoms with van der Waals surface area (Å²) in [7, 11) is 0. The molecule has 0 radical (unpaired) electrons.